The fourth-order valence-electron chi connectivity index (χ4n) is 3.82. The van der Waals surface area contributed by atoms with Crippen LogP contribution in [0.2, 0.25) is 10.0 Å². The Morgan fingerprint density at radius 2 is 1.60 bits per heavy atom. The molecule has 4 nitrogen and oxygen atoms in total. The summed E-state index contributed by atoms with van der Waals surface area (Å²) in [6.07, 6.45) is 1.92. The molecule has 3 rings (SSSR count). The van der Waals surface area contributed by atoms with Crippen molar-refractivity contribution in [1.82, 2.24) is 10.2 Å². The summed E-state index contributed by atoms with van der Waals surface area (Å²) < 4.78 is 14.6. The molecule has 0 saturated carbocycles. The number of rotatable bonds is 11. The zero-order valence-electron chi connectivity index (χ0n) is 19.6. The molecule has 1 atom stereocenters. The third kappa shape index (κ3) is 7.55. The molecule has 0 aliphatic carbocycles. The van der Waals surface area contributed by atoms with E-state index >= 15 is 0 Å². The quantitative estimate of drug-likeness (QED) is 0.308. The van der Waals surface area contributed by atoms with Crippen LogP contribution < -0.4 is 5.32 Å². The first-order valence-corrected chi connectivity index (χ1v) is 12.4. The number of nitrogens with one attached hydrogen (secondary N) is 1. The van der Waals surface area contributed by atoms with E-state index in [9.17, 15) is 14.0 Å². The van der Waals surface area contributed by atoms with Crippen LogP contribution in [0.3, 0.4) is 0 Å². The molecule has 1 N–H and O–H groups in total. The van der Waals surface area contributed by atoms with Gasteiger partial charge in [-0.25, -0.2) is 4.39 Å². The van der Waals surface area contributed by atoms with Crippen molar-refractivity contribution in [2.24, 2.45) is 0 Å². The zero-order valence-corrected chi connectivity index (χ0v) is 21.2. The van der Waals surface area contributed by atoms with Crippen molar-refractivity contribution in [3.63, 3.8) is 0 Å². The van der Waals surface area contributed by atoms with E-state index in [0.717, 1.165) is 18.4 Å². The molecular formula is C28H29Cl2FN2O2. The van der Waals surface area contributed by atoms with Gasteiger partial charge in [-0.2, -0.15) is 0 Å². The van der Waals surface area contributed by atoms with Crippen LogP contribution >= 0.6 is 23.2 Å². The molecule has 0 bridgehead atoms. The van der Waals surface area contributed by atoms with Gasteiger partial charge in [-0.05, 0) is 35.7 Å². The molecule has 0 heterocycles. The van der Waals surface area contributed by atoms with E-state index < -0.39 is 11.9 Å². The van der Waals surface area contributed by atoms with Crippen molar-refractivity contribution < 1.29 is 14.0 Å². The fourth-order valence-corrected chi connectivity index (χ4v) is 4.36. The van der Waals surface area contributed by atoms with Crippen molar-refractivity contribution in [3.8, 4) is 0 Å². The molecule has 0 radical (unpaired) electrons. The molecule has 3 aromatic rings. The van der Waals surface area contributed by atoms with E-state index in [-0.39, 0.29) is 31.2 Å². The highest BCUT2D eigenvalue weighted by Crippen LogP contribution is 2.26. The van der Waals surface area contributed by atoms with Crippen LogP contribution in [-0.4, -0.2) is 29.3 Å². The second-order valence-corrected chi connectivity index (χ2v) is 9.15. The van der Waals surface area contributed by atoms with Crippen LogP contribution in [-0.2, 0) is 29.0 Å². The second kappa shape index (κ2) is 13.3. The van der Waals surface area contributed by atoms with Gasteiger partial charge in [-0.1, -0.05) is 91.1 Å². The number of nitrogens with zero attached hydrogens (tertiary/aromatic N) is 1. The van der Waals surface area contributed by atoms with Gasteiger partial charge in [-0.15, -0.1) is 0 Å². The normalized spacial score (nSPS) is 11.7. The third-order valence-electron chi connectivity index (χ3n) is 5.79. The second-order valence-electron chi connectivity index (χ2n) is 8.34. The van der Waals surface area contributed by atoms with Gasteiger partial charge >= 0.3 is 0 Å². The van der Waals surface area contributed by atoms with Gasteiger partial charge in [0.15, 0.2) is 0 Å². The molecule has 0 spiro atoms. The highest BCUT2D eigenvalue weighted by molar-refractivity contribution is 6.36. The number of unbranched alkanes of at least 4 members (excludes halogenated alkanes) is 1. The van der Waals surface area contributed by atoms with Gasteiger partial charge in [0.2, 0.25) is 11.8 Å². The monoisotopic (exact) mass is 514 g/mol. The number of benzene rings is 3. The summed E-state index contributed by atoms with van der Waals surface area (Å²) in [6.45, 7) is 2.47. The summed E-state index contributed by atoms with van der Waals surface area (Å²) >= 11 is 12.7. The molecule has 184 valence electrons. The number of carbonyl (C=O) groups excluding carboxylic acids is 2. The number of hydrogen-bond donors (Lipinski definition) is 1. The Morgan fingerprint density at radius 3 is 2.26 bits per heavy atom. The molecule has 2 amide bonds. The van der Waals surface area contributed by atoms with Gasteiger partial charge in [0, 0.05) is 35.1 Å². The van der Waals surface area contributed by atoms with Crippen molar-refractivity contribution in [2.75, 3.05) is 6.54 Å². The van der Waals surface area contributed by atoms with Crippen molar-refractivity contribution >= 4 is 35.0 Å². The Labute approximate surface area is 216 Å². The summed E-state index contributed by atoms with van der Waals surface area (Å²) in [6, 6.07) is 19.9. The van der Waals surface area contributed by atoms with E-state index in [4.69, 9.17) is 23.2 Å². The van der Waals surface area contributed by atoms with E-state index in [1.165, 1.54) is 11.0 Å². The van der Waals surface area contributed by atoms with Gasteiger partial charge in [0.25, 0.3) is 0 Å². The van der Waals surface area contributed by atoms with Crippen LogP contribution in [0.4, 0.5) is 4.39 Å². The summed E-state index contributed by atoms with van der Waals surface area (Å²) in [4.78, 5) is 28.5. The Balaban J connectivity index is 1.99. The maximum Gasteiger partial charge on any atom is 0.243 e. The molecule has 0 aliphatic rings. The maximum absolute atomic E-state index is 14.6. The Hall–Kier alpha value is -2.89. The summed E-state index contributed by atoms with van der Waals surface area (Å²) in [7, 11) is 0. The Kier molecular flexibility index (Phi) is 10.1. The van der Waals surface area contributed by atoms with Crippen LogP contribution in [0.15, 0.2) is 72.8 Å². The minimum Gasteiger partial charge on any atom is -0.354 e. The molecular weight excluding hydrogens is 486 g/mol. The lowest BCUT2D eigenvalue weighted by Crippen LogP contribution is -2.51. The summed E-state index contributed by atoms with van der Waals surface area (Å²) in [5.41, 5.74) is 1.69. The van der Waals surface area contributed by atoms with Crippen LogP contribution in [0, 0.1) is 5.82 Å². The maximum atomic E-state index is 14.6. The first-order valence-electron chi connectivity index (χ1n) is 11.7. The zero-order chi connectivity index (χ0) is 25.2. The molecule has 7 heteroatoms. The highest BCUT2D eigenvalue weighted by atomic mass is 35.5. The lowest BCUT2D eigenvalue weighted by molar-refractivity contribution is -0.140. The lowest BCUT2D eigenvalue weighted by atomic mass is 10.0. The van der Waals surface area contributed by atoms with Crippen LogP contribution in [0.5, 0.6) is 0 Å². The Morgan fingerprint density at radius 1 is 0.943 bits per heavy atom. The average Bonchev–Trinajstić information content (AvgIpc) is 2.85. The van der Waals surface area contributed by atoms with E-state index in [1.54, 1.807) is 36.4 Å². The lowest BCUT2D eigenvalue weighted by Gasteiger charge is -2.32. The Bertz CT molecular complexity index is 1120. The first kappa shape index (κ1) is 26.7. The number of hydrogen-bond acceptors (Lipinski definition) is 2. The predicted octanol–water partition coefficient (Wildman–Crippen LogP) is 6.23. The minimum atomic E-state index is -0.845. The topological polar surface area (TPSA) is 49.4 Å². The molecule has 0 fully saturated rings. The molecule has 3 aromatic carbocycles. The summed E-state index contributed by atoms with van der Waals surface area (Å²) in [5.74, 6) is -1.09. The van der Waals surface area contributed by atoms with Crippen LogP contribution in [0.1, 0.15) is 36.5 Å². The minimum absolute atomic E-state index is 0.0632. The SMILES string of the molecule is CCCCNC(=O)C(Cc1ccccc1)N(Cc1ccccc1F)C(=O)Cc1c(Cl)cccc1Cl. The third-order valence-corrected chi connectivity index (χ3v) is 6.50. The van der Waals surface area contributed by atoms with Crippen molar-refractivity contribution in [3.05, 3.63) is 105 Å². The van der Waals surface area contributed by atoms with E-state index in [2.05, 4.69) is 5.32 Å². The fraction of sp³-hybridized carbons (Fsp3) is 0.286. The molecule has 1 unspecified atom stereocenters. The van der Waals surface area contributed by atoms with Gasteiger partial charge < -0.3 is 10.2 Å². The smallest absolute Gasteiger partial charge is 0.243 e. The van der Waals surface area contributed by atoms with Crippen molar-refractivity contribution in [2.45, 2.75) is 45.2 Å². The first-order chi connectivity index (χ1) is 16.9. The van der Waals surface area contributed by atoms with E-state index in [1.807, 2.05) is 37.3 Å². The number of amides is 2. The standard InChI is InChI=1S/C28H29Cl2FN2O2/c1-2-3-16-32-28(35)26(17-20-10-5-4-6-11-20)33(19-21-12-7-8-15-25(21)31)27(34)18-22-23(29)13-9-14-24(22)30/h4-15,26H,2-3,16-19H2,1H3,(H,32,35). The largest absolute Gasteiger partial charge is 0.354 e. The number of carbonyl (C=O) groups is 2. The van der Waals surface area contributed by atoms with Gasteiger partial charge in [0.05, 0.1) is 6.42 Å². The molecule has 35 heavy (non-hydrogen) atoms. The van der Waals surface area contributed by atoms with Gasteiger partial charge in [0.1, 0.15) is 11.9 Å². The van der Waals surface area contributed by atoms with Crippen LogP contribution in [0.25, 0.3) is 0 Å². The molecule has 0 saturated heterocycles. The van der Waals surface area contributed by atoms with Crippen molar-refractivity contribution in [1.29, 1.82) is 0 Å². The highest BCUT2D eigenvalue weighted by Gasteiger charge is 2.31. The van der Waals surface area contributed by atoms with E-state index in [0.29, 0.717) is 27.7 Å². The summed E-state index contributed by atoms with van der Waals surface area (Å²) in [5, 5.41) is 3.68. The predicted molar refractivity (Wildman–Crippen MR) is 139 cm³/mol. The number of halogens is 3. The van der Waals surface area contributed by atoms with Gasteiger partial charge in [-0.3, -0.25) is 9.59 Å². The molecule has 0 aromatic heterocycles. The molecule has 0 aliphatic heterocycles. The average molecular weight is 515 g/mol.